The maximum atomic E-state index is 9.43. The second kappa shape index (κ2) is 2.27. The monoisotopic (exact) mass is 140 g/mol. The third-order valence-corrected chi connectivity index (χ3v) is 2.45. The average Bonchev–Trinajstić information content (AvgIpc) is 2.34. The van der Waals surface area contributed by atoms with Crippen molar-refractivity contribution in [3.63, 3.8) is 0 Å². The third kappa shape index (κ3) is 0.833. The van der Waals surface area contributed by atoms with Gasteiger partial charge < -0.3 is 9.84 Å². The van der Waals surface area contributed by atoms with E-state index in [4.69, 9.17) is 4.74 Å². The Morgan fingerprint density at radius 1 is 1.50 bits per heavy atom. The van der Waals surface area contributed by atoms with Crippen LogP contribution in [-0.4, -0.2) is 17.8 Å². The third-order valence-electron chi connectivity index (χ3n) is 2.45. The van der Waals surface area contributed by atoms with Crippen LogP contribution in [0.3, 0.4) is 0 Å². The van der Waals surface area contributed by atoms with Gasteiger partial charge in [-0.2, -0.15) is 0 Å². The number of rotatable bonds is 0. The molecule has 2 heteroatoms. The molecule has 56 valence electrons. The van der Waals surface area contributed by atoms with Gasteiger partial charge in [-0.15, -0.1) is 0 Å². The summed E-state index contributed by atoms with van der Waals surface area (Å²) in [6, 6.07) is 0. The van der Waals surface area contributed by atoms with Crippen LogP contribution in [0.5, 0.6) is 0 Å². The maximum absolute atomic E-state index is 9.43. The lowest BCUT2D eigenvalue weighted by atomic mass is 9.97. The van der Waals surface area contributed by atoms with Gasteiger partial charge in [0, 0.05) is 5.92 Å². The van der Waals surface area contributed by atoms with Gasteiger partial charge in [0.15, 0.2) is 0 Å². The summed E-state index contributed by atoms with van der Waals surface area (Å²) < 4.78 is 5.16. The summed E-state index contributed by atoms with van der Waals surface area (Å²) >= 11 is 0. The first-order valence-corrected chi connectivity index (χ1v) is 3.86. The van der Waals surface area contributed by atoms with E-state index in [9.17, 15) is 5.11 Å². The van der Waals surface area contributed by atoms with Gasteiger partial charge in [0.25, 0.3) is 0 Å². The zero-order chi connectivity index (χ0) is 6.97. The Labute approximate surface area is 60.5 Å². The minimum absolute atomic E-state index is 0.0878. The fraction of sp³-hybridized carbons (Fsp3) is 0.750. The van der Waals surface area contributed by atoms with E-state index in [-0.39, 0.29) is 6.10 Å². The molecule has 0 spiro atoms. The van der Waals surface area contributed by atoms with Crippen molar-refractivity contribution in [1.29, 1.82) is 0 Å². The highest BCUT2D eigenvalue weighted by molar-refractivity contribution is 5.13. The second-order valence-corrected chi connectivity index (χ2v) is 3.06. The SMILES string of the molecule is OC1CCC2=COCCC21. The lowest BCUT2D eigenvalue weighted by molar-refractivity contribution is 0.107. The molecule has 1 fully saturated rings. The highest BCUT2D eigenvalue weighted by Gasteiger charge is 2.31. The Hall–Kier alpha value is -0.500. The molecular weight excluding hydrogens is 128 g/mol. The quantitative estimate of drug-likeness (QED) is 0.545. The molecule has 10 heavy (non-hydrogen) atoms. The summed E-state index contributed by atoms with van der Waals surface area (Å²) in [5.74, 6) is 0.425. The minimum atomic E-state index is -0.0878. The Bertz CT molecular complexity index is 163. The van der Waals surface area contributed by atoms with Crippen molar-refractivity contribution in [2.45, 2.75) is 25.4 Å². The van der Waals surface area contributed by atoms with Crippen molar-refractivity contribution in [3.8, 4) is 0 Å². The largest absolute Gasteiger partial charge is 0.501 e. The molecule has 2 nitrogen and oxygen atoms in total. The fourth-order valence-corrected chi connectivity index (χ4v) is 1.83. The molecule has 1 aliphatic heterocycles. The number of hydrogen-bond acceptors (Lipinski definition) is 2. The minimum Gasteiger partial charge on any atom is -0.501 e. The topological polar surface area (TPSA) is 29.5 Å². The first kappa shape index (κ1) is 6.23. The van der Waals surface area contributed by atoms with Crippen LogP contribution in [0.25, 0.3) is 0 Å². The Morgan fingerprint density at radius 2 is 2.40 bits per heavy atom. The van der Waals surface area contributed by atoms with E-state index < -0.39 is 0 Å². The molecular formula is C8H12O2. The van der Waals surface area contributed by atoms with Crippen LogP contribution in [-0.2, 0) is 4.74 Å². The summed E-state index contributed by atoms with van der Waals surface area (Å²) in [6.45, 7) is 0.783. The Morgan fingerprint density at radius 3 is 3.20 bits per heavy atom. The number of fused-ring (bicyclic) bond motifs is 1. The lowest BCUT2D eigenvalue weighted by Crippen LogP contribution is -2.18. The summed E-state index contributed by atoms with van der Waals surface area (Å²) in [5, 5.41) is 9.43. The molecule has 2 unspecified atom stereocenters. The van der Waals surface area contributed by atoms with Crippen molar-refractivity contribution in [3.05, 3.63) is 11.8 Å². The van der Waals surface area contributed by atoms with Crippen LogP contribution in [0, 0.1) is 5.92 Å². The zero-order valence-electron chi connectivity index (χ0n) is 5.92. The molecule has 1 N–H and O–H groups in total. The van der Waals surface area contributed by atoms with E-state index in [1.54, 1.807) is 0 Å². The molecule has 0 radical (unpaired) electrons. The average molecular weight is 140 g/mol. The molecule has 2 rings (SSSR count). The number of ether oxygens (including phenoxy) is 1. The Balaban J connectivity index is 2.17. The van der Waals surface area contributed by atoms with E-state index >= 15 is 0 Å². The van der Waals surface area contributed by atoms with Gasteiger partial charge >= 0.3 is 0 Å². The predicted octanol–water partition coefficient (Wildman–Crippen LogP) is 1.06. The van der Waals surface area contributed by atoms with E-state index in [1.165, 1.54) is 5.57 Å². The second-order valence-electron chi connectivity index (χ2n) is 3.06. The van der Waals surface area contributed by atoms with Crippen molar-refractivity contribution in [1.82, 2.24) is 0 Å². The first-order chi connectivity index (χ1) is 4.88. The summed E-state index contributed by atoms with van der Waals surface area (Å²) in [6.07, 6.45) is 4.72. The predicted molar refractivity (Wildman–Crippen MR) is 37.4 cm³/mol. The van der Waals surface area contributed by atoms with Gasteiger partial charge in [-0.25, -0.2) is 0 Å². The van der Waals surface area contributed by atoms with Gasteiger partial charge in [0.1, 0.15) is 0 Å². The van der Waals surface area contributed by atoms with Crippen molar-refractivity contribution in [2.75, 3.05) is 6.61 Å². The smallest absolute Gasteiger partial charge is 0.0880 e. The highest BCUT2D eigenvalue weighted by atomic mass is 16.5. The van der Waals surface area contributed by atoms with Crippen LogP contribution in [0.1, 0.15) is 19.3 Å². The van der Waals surface area contributed by atoms with Crippen LogP contribution >= 0.6 is 0 Å². The van der Waals surface area contributed by atoms with Gasteiger partial charge in [-0.05, 0) is 24.8 Å². The Kier molecular flexibility index (Phi) is 1.42. The highest BCUT2D eigenvalue weighted by Crippen LogP contribution is 2.35. The molecule has 2 aliphatic rings. The normalized spacial score (nSPS) is 38.3. The van der Waals surface area contributed by atoms with Crippen molar-refractivity contribution >= 4 is 0 Å². The molecule has 1 saturated carbocycles. The van der Waals surface area contributed by atoms with Gasteiger partial charge in [-0.1, -0.05) is 0 Å². The molecule has 1 aliphatic carbocycles. The summed E-state index contributed by atoms with van der Waals surface area (Å²) in [7, 11) is 0. The summed E-state index contributed by atoms with van der Waals surface area (Å²) in [4.78, 5) is 0. The summed E-state index contributed by atoms with van der Waals surface area (Å²) in [5.41, 5.74) is 1.32. The lowest BCUT2D eigenvalue weighted by Gasteiger charge is -2.19. The van der Waals surface area contributed by atoms with Gasteiger partial charge in [0.2, 0.25) is 0 Å². The molecule has 0 amide bonds. The van der Waals surface area contributed by atoms with E-state index in [0.717, 1.165) is 25.9 Å². The van der Waals surface area contributed by atoms with Gasteiger partial charge in [0.05, 0.1) is 19.0 Å². The molecule has 0 bridgehead atoms. The van der Waals surface area contributed by atoms with Crippen molar-refractivity contribution < 1.29 is 9.84 Å². The van der Waals surface area contributed by atoms with E-state index in [2.05, 4.69) is 0 Å². The van der Waals surface area contributed by atoms with Gasteiger partial charge in [-0.3, -0.25) is 0 Å². The zero-order valence-corrected chi connectivity index (χ0v) is 5.92. The molecule has 0 aromatic heterocycles. The number of aliphatic hydroxyl groups excluding tert-OH is 1. The number of hydrogen-bond donors (Lipinski definition) is 1. The molecule has 1 heterocycles. The van der Waals surface area contributed by atoms with Crippen LogP contribution in [0.4, 0.5) is 0 Å². The van der Waals surface area contributed by atoms with Crippen LogP contribution in [0.15, 0.2) is 11.8 Å². The van der Waals surface area contributed by atoms with E-state index in [0.29, 0.717) is 5.92 Å². The van der Waals surface area contributed by atoms with Crippen LogP contribution < -0.4 is 0 Å². The molecule has 0 aromatic carbocycles. The fourth-order valence-electron chi connectivity index (χ4n) is 1.83. The maximum Gasteiger partial charge on any atom is 0.0880 e. The molecule has 0 saturated heterocycles. The van der Waals surface area contributed by atoms with Crippen molar-refractivity contribution in [2.24, 2.45) is 5.92 Å². The standard InChI is InChI=1S/C8H12O2/c9-8-2-1-6-5-10-4-3-7(6)8/h5,7-9H,1-4H2. The van der Waals surface area contributed by atoms with Crippen LogP contribution in [0.2, 0.25) is 0 Å². The van der Waals surface area contributed by atoms with E-state index in [1.807, 2.05) is 6.26 Å². The molecule has 0 aromatic rings. The first-order valence-electron chi connectivity index (χ1n) is 3.86. The molecule has 2 atom stereocenters. The number of aliphatic hydroxyl groups is 1.